The Bertz CT molecular complexity index is 872. The number of aromatic nitrogens is 4. The summed E-state index contributed by atoms with van der Waals surface area (Å²) in [7, 11) is 0. The number of ether oxygens (including phenoxy) is 1. The van der Waals surface area contributed by atoms with Crippen LogP contribution in [0.3, 0.4) is 0 Å². The fraction of sp³-hybridized carbons (Fsp3) is 0.250. The van der Waals surface area contributed by atoms with E-state index in [0.717, 1.165) is 34.3 Å². The average Bonchev–Trinajstić information content (AvgIpc) is 3.30. The number of rotatable bonds is 5. The van der Waals surface area contributed by atoms with E-state index in [1.165, 1.54) is 19.0 Å². The zero-order valence-electron chi connectivity index (χ0n) is 12.1. The maximum absolute atomic E-state index is 10.7. The number of carbonyl (C=O) groups excluding carboxylic acids is 1. The molecule has 0 N–H and O–H groups in total. The molecule has 0 spiro atoms. The second kappa shape index (κ2) is 5.73. The highest BCUT2D eigenvalue weighted by Crippen LogP contribution is 2.36. The summed E-state index contributed by atoms with van der Waals surface area (Å²) in [6.45, 7) is 0.915. The third kappa shape index (κ3) is 2.84. The van der Waals surface area contributed by atoms with Gasteiger partial charge in [0.2, 0.25) is 5.88 Å². The summed E-state index contributed by atoms with van der Waals surface area (Å²) in [6, 6.07) is 7.14. The van der Waals surface area contributed by atoms with E-state index in [-0.39, 0.29) is 0 Å². The second-order valence-electron chi connectivity index (χ2n) is 5.61. The molecule has 0 amide bonds. The van der Waals surface area contributed by atoms with Crippen LogP contribution in [0.25, 0.3) is 11.0 Å². The Morgan fingerprint density at radius 3 is 2.87 bits per heavy atom. The molecule has 2 heterocycles. The summed E-state index contributed by atoms with van der Waals surface area (Å²) in [5.41, 5.74) is 2.27. The molecule has 0 atom stereocenters. The molecule has 3 aromatic rings. The minimum Gasteiger partial charge on any atom is -0.438 e. The molecule has 1 aromatic carbocycles. The molecule has 23 heavy (non-hydrogen) atoms. The van der Waals surface area contributed by atoms with Crippen LogP contribution >= 0.6 is 15.9 Å². The SMILES string of the molecule is O=Cc1ccc(Oc2ccc3c(nnn3CC3CC3)c2Br)nc1. The number of carbonyl (C=O) groups is 1. The van der Waals surface area contributed by atoms with Crippen LogP contribution in [0.15, 0.2) is 34.9 Å². The molecule has 6 nitrogen and oxygen atoms in total. The molecule has 0 aliphatic heterocycles. The Morgan fingerprint density at radius 2 is 2.17 bits per heavy atom. The summed E-state index contributed by atoms with van der Waals surface area (Å²) in [5, 5.41) is 8.48. The first-order chi connectivity index (χ1) is 11.2. The third-order valence-electron chi connectivity index (χ3n) is 3.83. The minimum absolute atomic E-state index is 0.418. The second-order valence-corrected chi connectivity index (χ2v) is 6.40. The average molecular weight is 373 g/mol. The van der Waals surface area contributed by atoms with E-state index in [9.17, 15) is 4.79 Å². The van der Waals surface area contributed by atoms with Crippen molar-refractivity contribution in [1.82, 2.24) is 20.0 Å². The Balaban J connectivity index is 1.64. The zero-order chi connectivity index (χ0) is 15.8. The molecule has 2 aromatic heterocycles. The van der Waals surface area contributed by atoms with Gasteiger partial charge in [-0.2, -0.15) is 0 Å². The van der Waals surface area contributed by atoms with Crippen molar-refractivity contribution in [3.05, 3.63) is 40.5 Å². The first kappa shape index (κ1) is 14.3. The van der Waals surface area contributed by atoms with Gasteiger partial charge in [0, 0.05) is 24.4 Å². The van der Waals surface area contributed by atoms with Gasteiger partial charge >= 0.3 is 0 Å². The van der Waals surface area contributed by atoms with E-state index in [0.29, 0.717) is 17.2 Å². The van der Waals surface area contributed by atoms with Crippen LogP contribution in [0.2, 0.25) is 0 Å². The van der Waals surface area contributed by atoms with Gasteiger partial charge in [-0.3, -0.25) is 4.79 Å². The number of pyridine rings is 1. The van der Waals surface area contributed by atoms with Gasteiger partial charge in [0.25, 0.3) is 0 Å². The molecule has 1 aliphatic rings. The maximum atomic E-state index is 10.7. The molecule has 4 rings (SSSR count). The summed E-state index contributed by atoms with van der Waals surface area (Å²) >= 11 is 3.54. The van der Waals surface area contributed by atoms with Gasteiger partial charge in [0.05, 0.1) is 9.99 Å². The number of hydrogen-bond donors (Lipinski definition) is 0. The topological polar surface area (TPSA) is 69.9 Å². The number of halogens is 1. The lowest BCUT2D eigenvalue weighted by molar-refractivity contribution is 0.112. The van der Waals surface area contributed by atoms with Crippen molar-refractivity contribution in [3.8, 4) is 11.6 Å². The Morgan fingerprint density at radius 1 is 1.30 bits per heavy atom. The number of nitrogens with zero attached hydrogens (tertiary/aromatic N) is 4. The summed E-state index contributed by atoms with van der Waals surface area (Å²) in [4.78, 5) is 14.8. The highest BCUT2D eigenvalue weighted by atomic mass is 79.9. The number of fused-ring (bicyclic) bond motifs is 1. The predicted octanol–water partition coefficient (Wildman–Crippen LogP) is 3.60. The van der Waals surface area contributed by atoms with Gasteiger partial charge in [0.15, 0.2) is 6.29 Å². The van der Waals surface area contributed by atoms with Crippen LogP contribution in [-0.4, -0.2) is 26.3 Å². The first-order valence-corrected chi connectivity index (χ1v) is 8.14. The van der Waals surface area contributed by atoms with Crippen LogP contribution < -0.4 is 4.74 Å². The molecule has 116 valence electrons. The summed E-state index contributed by atoms with van der Waals surface area (Å²) in [6.07, 6.45) is 4.76. The summed E-state index contributed by atoms with van der Waals surface area (Å²) in [5.74, 6) is 1.76. The fourth-order valence-corrected chi connectivity index (χ4v) is 2.87. The van der Waals surface area contributed by atoms with Gasteiger partial charge in [0.1, 0.15) is 11.3 Å². The van der Waals surface area contributed by atoms with Crippen molar-refractivity contribution in [3.63, 3.8) is 0 Å². The van der Waals surface area contributed by atoms with Crippen molar-refractivity contribution in [2.75, 3.05) is 0 Å². The van der Waals surface area contributed by atoms with Crippen molar-refractivity contribution in [2.24, 2.45) is 5.92 Å². The van der Waals surface area contributed by atoms with Crippen LogP contribution in [0.1, 0.15) is 23.2 Å². The molecule has 0 radical (unpaired) electrons. The number of hydrogen-bond acceptors (Lipinski definition) is 5. The van der Waals surface area contributed by atoms with Gasteiger partial charge in [-0.15, -0.1) is 5.10 Å². The largest absolute Gasteiger partial charge is 0.438 e. The van der Waals surface area contributed by atoms with Crippen molar-refractivity contribution in [1.29, 1.82) is 0 Å². The monoisotopic (exact) mass is 372 g/mol. The van der Waals surface area contributed by atoms with E-state index < -0.39 is 0 Å². The zero-order valence-corrected chi connectivity index (χ0v) is 13.7. The molecule has 7 heteroatoms. The van der Waals surface area contributed by atoms with Crippen LogP contribution in [0.4, 0.5) is 0 Å². The Labute approximate surface area is 140 Å². The van der Waals surface area contributed by atoms with E-state index in [2.05, 4.69) is 31.2 Å². The predicted molar refractivity (Wildman–Crippen MR) is 87.7 cm³/mol. The summed E-state index contributed by atoms with van der Waals surface area (Å²) < 4.78 is 8.46. The molecule has 1 aliphatic carbocycles. The lowest BCUT2D eigenvalue weighted by atomic mass is 10.3. The van der Waals surface area contributed by atoms with Crippen LogP contribution in [-0.2, 0) is 6.54 Å². The molecule has 0 bridgehead atoms. The third-order valence-corrected chi connectivity index (χ3v) is 4.59. The molecular formula is C16H13BrN4O2. The van der Waals surface area contributed by atoms with Gasteiger partial charge in [-0.25, -0.2) is 9.67 Å². The minimum atomic E-state index is 0.418. The van der Waals surface area contributed by atoms with Crippen molar-refractivity contribution >= 4 is 33.2 Å². The van der Waals surface area contributed by atoms with Gasteiger partial charge in [-0.1, -0.05) is 5.21 Å². The van der Waals surface area contributed by atoms with E-state index in [1.54, 1.807) is 12.1 Å². The molecule has 1 saturated carbocycles. The lowest BCUT2D eigenvalue weighted by Crippen LogP contribution is -2.01. The van der Waals surface area contributed by atoms with Crippen molar-refractivity contribution < 1.29 is 9.53 Å². The lowest BCUT2D eigenvalue weighted by Gasteiger charge is -2.07. The van der Waals surface area contributed by atoms with E-state index in [4.69, 9.17) is 4.74 Å². The standard InChI is InChI=1S/C16H13BrN4O2/c17-15-13(23-14-6-3-11(9-22)7-18-14)5-4-12-16(15)19-20-21(12)8-10-1-2-10/h3-7,9-10H,1-2,8H2. The molecular weight excluding hydrogens is 360 g/mol. The molecule has 1 fully saturated rings. The van der Waals surface area contributed by atoms with Crippen LogP contribution in [0.5, 0.6) is 11.6 Å². The maximum Gasteiger partial charge on any atom is 0.219 e. The highest BCUT2D eigenvalue weighted by Gasteiger charge is 2.23. The molecule has 0 unspecified atom stereocenters. The fourth-order valence-electron chi connectivity index (χ4n) is 2.38. The van der Waals surface area contributed by atoms with E-state index >= 15 is 0 Å². The Hall–Kier alpha value is -2.28. The number of benzene rings is 1. The highest BCUT2D eigenvalue weighted by molar-refractivity contribution is 9.10. The van der Waals surface area contributed by atoms with Crippen molar-refractivity contribution in [2.45, 2.75) is 19.4 Å². The molecule has 0 saturated heterocycles. The normalized spacial score (nSPS) is 14.1. The van der Waals surface area contributed by atoms with Crippen LogP contribution in [0, 0.1) is 5.92 Å². The smallest absolute Gasteiger partial charge is 0.219 e. The first-order valence-electron chi connectivity index (χ1n) is 7.35. The van der Waals surface area contributed by atoms with Gasteiger partial charge < -0.3 is 4.74 Å². The van der Waals surface area contributed by atoms with Gasteiger partial charge in [-0.05, 0) is 52.9 Å². The van der Waals surface area contributed by atoms with E-state index in [1.807, 2.05) is 16.8 Å². The Kier molecular flexibility index (Phi) is 3.57. The number of aldehydes is 1. The quantitative estimate of drug-likeness (QED) is 0.639.